The van der Waals surface area contributed by atoms with Crippen LogP contribution in [0.15, 0.2) is 18.6 Å². The normalized spacial score (nSPS) is 17.4. The largest absolute Gasteiger partial charge is 0.465 e. The monoisotopic (exact) mass is 371 g/mol. The first-order chi connectivity index (χ1) is 13.0. The molecule has 1 amide bonds. The topological polar surface area (TPSA) is 140 Å². The van der Waals surface area contributed by atoms with Gasteiger partial charge in [-0.3, -0.25) is 4.68 Å². The summed E-state index contributed by atoms with van der Waals surface area (Å²) in [5, 5.41) is 21.7. The fraction of sp³-hybridized carbons (Fsp3) is 0.438. The van der Waals surface area contributed by atoms with Crippen molar-refractivity contribution in [3.63, 3.8) is 0 Å². The fourth-order valence-corrected chi connectivity index (χ4v) is 3.33. The number of nitrogen functional groups attached to an aromatic ring is 1. The highest BCUT2D eigenvalue weighted by atomic mass is 16.4. The second kappa shape index (κ2) is 6.74. The van der Waals surface area contributed by atoms with Gasteiger partial charge in [0.25, 0.3) is 0 Å². The molecule has 11 nitrogen and oxygen atoms in total. The van der Waals surface area contributed by atoms with Crippen molar-refractivity contribution in [1.82, 2.24) is 34.4 Å². The van der Waals surface area contributed by atoms with Crippen LogP contribution in [0, 0.1) is 0 Å². The predicted octanol–water partition coefficient (Wildman–Crippen LogP) is 1.68. The SMILES string of the molecule is CCn1cc(Nc2nc(N)c3cnn([C@@H]4CCCN(C(=O)O)C4)c3n2)cn1. The van der Waals surface area contributed by atoms with E-state index in [2.05, 4.69) is 25.5 Å². The molecule has 0 bridgehead atoms. The van der Waals surface area contributed by atoms with Gasteiger partial charge >= 0.3 is 6.09 Å². The van der Waals surface area contributed by atoms with Crippen molar-refractivity contribution in [3.05, 3.63) is 18.6 Å². The van der Waals surface area contributed by atoms with E-state index in [1.54, 1.807) is 21.8 Å². The molecule has 4 N–H and O–H groups in total. The summed E-state index contributed by atoms with van der Waals surface area (Å²) in [6.07, 6.45) is 5.86. The smallest absolute Gasteiger partial charge is 0.407 e. The molecule has 0 aromatic carbocycles. The summed E-state index contributed by atoms with van der Waals surface area (Å²) in [6.45, 7) is 3.68. The van der Waals surface area contributed by atoms with E-state index in [-0.39, 0.29) is 6.04 Å². The van der Waals surface area contributed by atoms with Gasteiger partial charge in [-0.25, -0.2) is 9.48 Å². The minimum absolute atomic E-state index is 0.0858. The summed E-state index contributed by atoms with van der Waals surface area (Å²) >= 11 is 0. The summed E-state index contributed by atoms with van der Waals surface area (Å²) in [7, 11) is 0. The third kappa shape index (κ3) is 3.23. The number of likely N-dealkylation sites (tertiary alicyclic amines) is 1. The minimum Gasteiger partial charge on any atom is -0.465 e. The number of carbonyl (C=O) groups is 1. The first-order valence-electron chi connectivity index (χ1n) is 8.83. The molecule has 0 spiro atoms. The molecule has 1 aliphatic heterocycles. The minimum atomic E-state index is -0.916. The number of nitrogens with zero attached hydrogens (tertiary/aromatic N) is 7. The van der Waals surface area contributed by atoms with Gasteiger partial charge in [0, 0.05) is 25.8 Å². The maximum Gasteiger partial charge on any atom is 0.407 e. The van der Waals surface area contributed by atoms with Gasteiger partial charge in [0.05, 0.1) is 29.5 Å². The van der Waals surface area contributed by atoms with Gasteiger partial charge < -0.3 is 21.1 Å². The van der Waals surface area contributed by atoms with Crippen LogP contribution in [-0.4, -0.2) is 58.7 Å². The number of fused-ring (bicyclic) bond motifs is 1. The van der Waals surface area contributed by atoms with Crippen molar-refractivity contribution >= 4 is 34.6 Å². The third-order valence-electron chi connectivity index (χ3n) is 4.71. The number of hydrogen-bond donors (Lipinski definition) is 3. The van der Waals surface area contributed by atoms with Crippen molar-refractivity contribution < 1.29 is 9.90 Å². The summed E-state index contributed by atoms with van der Waals surface area (Å²) in [5.41, 5.74) is 7.44. The van der Waals surface area contributed by atoms with E-state index in [0.29, 0.717) is 35.9 Å². The standard InChI is InChI=1S/C16H21N9O2/c1-2-24-8-10(6-18-24)20-15-21-13(17)12-7-19-25(14(12)22-15)11-4-3-5-23(9-11)16(26)27/h6-8,11H,2-5,9H2,1H3,(H,26,27)(H3,17,20,21,22)/t11-/m1/s1. The number of hydrogen-bond acceptors (Lipinski definition) is 7. The Morgan fingerprint density at radius 2 is 2.22 bits per heavy atom. The number of carboxylic acid groups (broad SMARTS) is 1. The molecule has 4 heterocycles. The lowest BCUT2D eigenvalue weighted by molar-refractivity contribution is 0.120. The number of piperidine rings is 1. The summed E-state index contributed by atoms with van der Waals surface area (Å²) in [4.78, 5) is 21.6. The molecule has 0 aliphatic carbocycles. The molecular formula is C16H21N9O2. The van der Waals surface area contributed by atoms with Gasteiger partial charge in [-0.2, -0.15) is 20.2 Å². The van der Waals surface area contributed by atoms with E-state index in [4.69, 9.17) is 5.73 Å². The predicted molar refractivity (Wildman–Crippen MR) is 98.8 cm³/mol. The lowest BCUT2D eigenvalue weighted by Gasteiger charge is -2.30. The van der Waals surface area contributed by atoms with Crippen LogP contribution in [0.5, 0.6) is 0 Å². The fourth-order valence-electron chi connectivity index (χ4n) is 3.33. The highest BCUT2D eigenvalue weighted by molar-refractivity contribution is 5.86. The Balaban J connectivity index is 1.66. The first-order valence-corrected chi connectivity index (χ1v) is 8.83. The molecule has 1 aliphatic rings. The highest BCUT2D eigenvalue weighted by Crippen LogP contribution is 2.27. The van der Waals surface area contributed by atoms with Gasteiger partial charge in [-0.15, -0.1) is 0 Å². The molecule has 3 aromatic rings. The number of aromatic nitrogens is 6. The molecule has 0 radical (unpaired) electrons. The van der Waals surface area contributed by atoms with E-state index in [1.807, 2.05) is 13.1 Å². The van der Waals surface area contributed by atoms with Gasteiger partial charge in [0.1, 0.15) is 5.82 Å². The Bertz CT molecular complexity index is 980. The third-order valence-corrected chi connectivity index (χ3v) is 4.71. The van der Waals surface area contributed by atoms with Crippen LogP contribution in [0.1, 0.15) is 25.8 Å². The lowest BCUT2D eigenvalue weighted by atomic mass is 10.1. The van der Waals surface area contributed by atoms with Gasteiger partial charge in [-0.05, 0) is 19.8 Å². The average molecular weight is 371 g/mol. The lowest BCUT2D eigenvalue weighted by Crippen LogP contribution is -2.40. The zero-order valence-corrected chi connectivity index (χ0v) is 14.9. The van der Waals surface area contributed by atoms with E-state index in [9.17, 15) is 9.90 Å². The molecule has 1 saturated heterocycles. The zero-order valence-electron chi connectivity index (χ0n) is 14.9. The quantitative estimate of drug-likeness (QED) is 0.629. The number of aryl methyl sites for hydroxylation is 1. The van der Waals surface area contributed by atoms with Crippen molar-refractivity contribution in [1.29, 1.82) is 0 Å². The molecule has 11 heteroatoms. The molecule has 0 saturated carbocycles. The Morgan fingerprint density at radius 3 is 2.96 bits per heavy atom. The van der Waals surface area contributed by atoms with Crippen LogP contribution in [0.25, 0.3) is 11.0 Å². The van der Waals surface area contributed by atoms with Crippen molar-refractivity contribution in [3.8, 4) is 0 Å². The summed E-state index contributed by atoms with van der Waals surface area (Å²) in [6, 6.07) is -0.0858. The van der Waals surface area contributed by atoms with Crippen LogP contribution in [0.2, 0.25) is 0 Å². The number of amides is 1. The molecule has 4 rings (SSSR count). The van der Waals surface area contributed by atoms with Gasteiger partial charge in [0.15, 0.2) is 5.65 Å². The maximum absolute atomic E-state index is 11.3. The van der Waals surface area contributed by atoms with E-state index < -0.39 is 6.09 Å². The number of rotatable bonds is 4. The molecule has 3 aromatic heterocycles. The molecule has 142 valence electrons. The molecule has 1 atom stereocenters. The van der Waals surface area contributed by atoms with Gasteiger partial charge in [0.2, 0.25) is 5.95 Å². The van der Waals surface area contributed by atoms with Crippen LogP contribution >= 0.6 is 0 Å². The number of anilines is 3. The Labute approximate surface area is 154 Å². The second-order valence-corrected chi connectivity index (χ2v) is 6.49. The number of nitrogens with two attached hydrogens (primary N) is 1. The Hall–Kier alpha value is -3.37. The molecule has 1 fully saturated rings. The van der Waals surface area contributed by atoms with Crippen molar-refractivity contribution in [2.75, 3.05) is 24.1 Å². The van der Waals surface area contributed by atoms with Gasteiger partial charge in [-0.1, -0.05) is 0 Å². The highest BCUT2D eigenvalue weighted by Gasteiger charge is 2.27. The summed E-state index contributed by atoms with van der Waals surface area (Å²) in [5.74, 6) is 0.672. The second-order valence-electron chi connectivity index (χ2n) is 6.49. The Morgan fingerprint density at radius 1 is 1.37 bits per heavy atom. The maximum atomic E-state index is 11.3. The average Bonchev–Trinajstić information content (AvgIpc) is 3.29. The van der Waals surface area contributed by atoms with Crippen LogP contribution in [-0.2, 0) is 6.54 Å². The van der Waals surface area contributed by atoms with Crippen molar-refractivity contribution in [2.24, 2.45) is 0 Å². The summed E-state index contributed by atoms with van der Waals surface area (Å²) < 4.78 is 3.54. The van der Waals surface area contributed by atoms with Crippen LogP contribution < -0.4 is 11.1 Å². The van der Waals surface area contributed by atoms with Crippen molar-refractivity contribution in [2.45, 2.75) is 32.4 Å². The van der Waals surface area contributed by atoms with Crippen LogP contribution in [0.4, 0.5) is 22.2 Å². The van der Waals surface area contributed by atoms with E-state index >= 15 is 0 Å². The van der Waals surface area contributed by atoms with Crippen LogP contribution in [0.3, 0.4) is 0 Å². The molecular weight excluding hydrogens is 350 g/mol. The zero-order chi connectivity index (χ0) is 19.0. The molecule has 0 unspecified atom stereocenters. The Kier molecular flexibility index (Phi) is 4.26. The molecule has 27 heavy (non-hydrogen) atoms. The first kappa shape index (κ1) is 17.1. The number of nitrogens with one attached hydrogen (secondary N) is 1. The van der Waals surface area contributed by atoms with E-state index in [0.717, 1.165) is 25.1 Å². The van der Waals surface area contributed by atoms with E-state index in [1.165, 1.54) is 4.90 Å².